The first-order valence-corrected chi connectivity index (χ1v) is 10.8. The van der Waals surface area contributed by atoms with Crippen molar-refractivity contribution >= 4 is 46.6 Å². The zero-order valence-corrected chi connectivity index (χ0v) is 19.4. The van der Waals surface area contributed by atoms with Crippen LogP contribution in [0.4, 0.5) is 0 Å². The number of ether oxygens (including phenoxy) is 1. The first-order chi connectivity index (χ1) is 14.2. The third-order valence-corrected chi connectivity index (χ3v) is 5.26. The van der Waals surface area contributed by atoms with Gasteiger partial charge in [0.15, 0.2) is 6.61 Å². The number of rotatable bonds is 9. The van der Waals surface area contributed by atoms with Crippen LogP contribution in [0.1, 0.15) is 32.8 Å². The Morgan fingerprint density at radius 3 is 2.37 bits per heavy atom. The molecule has 8 heteroatoms. The zero-order chi connectivity index (χ0) is 22.3. The van der Waals surface area contributed by atoms with Gasteiger partial charge in [0, 0.05) is 22.6 Å². The van der Waals surface area contributed by atoms with Crippen LogP contribution in [0.5, 0.6) is 5.75 Å². The molecule has 1 atom stereocenters. The second kappa shape index (κ2) is 11.4. The number of para-hydroxylation sites is 1. The average molecular weight is 472 g/mol. The van der Waals surface area contributed by atoms with E-state index in [0.717, 1.165) is 0 Å². The minimum Gasteiger partial charge on any atom is -0.482 e. The second-order valence-electron chi connectivity index (χ2n) is 7.06. The molecule has 0 spiro atoms. The summed E-state index contributed by atoms with van der Waals surface area (Å²) in [6, 6.07) is 11.2. The normalized spacial score (nSPS) is 11.8. The molecule has 30 heavy (non-hydrogen) atoms. The molecule has 2 aromatic rings. The summed E-state index contributed by atoms with van der Waals surface area (Å²) in [5.74, 6) is -0.188. The molecule has 2 aromatic carbocycles. The van der Waals surface area contributed by atoms with Crippen molar-refractivity contribution in [2.75, 3.05) is 6.61 Å². The Kier molecular flexibility index (Phi) is 9.28. The molecule has 0 aliphatic heterocycles. The SMILES string of the molecule is CC[C@@H](C(=O)NC(C)C)N(Cc1ccc(Cl)cc1Cl)C(=O)COc1ccccc1Cl. The number of hydrogen-bond acceptors (Lipinski definition) is 3. The third kappa shape index (κ3) is 6.79. The van der Waals surface area contributed by atoms with Crippen molar-refractivity contribution in [2.24, 2.45) is 0 Å². The lowest BCUT2D eigenvalue weighted by Crippen LogP contribution is -2.51. The average Bonchev–Trinajstić information content (AvgIpc) is 2.68. The molecule has 0 aliphatic rings. The number of carbonyl (C=O) groups is 2. The Hall–Kier alpha value is -1.95. The lowest BCUT2D eigenvalue weighted by molar-refractivity contribution is -0.143. The summed E-state index contributed by atoms with van der Waals surface area (Å²) in [4.78, 5) is 27.4. The molecule has 0 fully saturated rings. The Balaban J connectivity index is 2.27. The van der Waals surface area contributed by atoms with E-state index in [2.05, 4.69) is 5.32 Å². The minimum atomic E-state index is -0.679. The van der Waals surface area contributed by atoms with E-state index in [4.69, 9.17) is 39.5 Å². The molecular weight excluding hydrogens is 447 g/mol. The number of hydrogen-bond donors (Lipinski definition) is 1. The van der Waals surface area contributed by atoms with Crippen LogP contribution < -0.4 is 10.1 Å². The Bertz CT molecular complexity index is 890. The molecule has 2 rings (SSSR count). The van der Waals surface area contributed by atoms with Gasteiger partial charge in [0.25, 0.3) is 5.91 Å². The minimum absolute atomic E-state index is 0.0537. The van der Waals surface area contributed by atoms with Crippen molar-refractivity contribution in [1.29, 1.82) is 0 Å². The predicted octanol–water partition coefficient (Wildman–Crippen LogP) is 5.36. The number of halogens is 3. The monoisotopic (exact) mass is 470 g/mol. The molecule has 0 bridgehead atoms. The summed E-state index contributed by atoms with van der Waals surface area (Å²) in [6.45, 7) is 5.47. The molecule has 0 saturated carbocycles. The molecule has 0 aromatic heterocycles. The lowest BCUT2D eigenvalue weighted by Gasteiger charge is -2.31. The fourth-order valence-corrected chi connectivity index (χ4v) is 3.58. The topological polar surface area (TPSA) is 58.6 Å². The Morgan fingerprint density at radius 1 is 1.07 bits per heavy atom. The summed E-state index contributed by atoms with van der Waals surface area (Å²) in [5, 5.41) is 4.19. The first-order valence-electron chi connectivity index (χ1n) is 9.64. The second-order valence-corrected chi connectivity index (χ2v) is 8.31. The van der Waals surface area contributed by atoms with Gasteiger partial charge in [-0.25, -0.2) is 0 Å². The quantitative estimate of drug-likeness (QED) is 0.536. The predicted molar refractivity (Wildman–Crippen MR) is 121 cm³/mol. The highest BCUT2D eigenvalue weighted by Gasteiger charge is 2.29. The maximum Gasteiger partial charge on any atom is 0.261 e. The van der Waals surface area contributed by atoms with Gasteiger partial charge in [-0.2, -0.15) is 0 Å². The van der Waals surface area contributed by atoms with E-state index in [-0.39, 0.29) is 31.0 Å². The molecular formula is C22H25Cl3N2O3. The molecule has 0 aliphatic carbocycles. The highest BCUT2D eigenvalue weighted by molar-refractivity contribution is 6.35. The number of nitrogens with one attached hydrogen (secondary N) is 1. The summed E-state index contributed by atoms with van der Waals surface area (Å²) >= 11 is 18.4. The largest absolute Gasteiger partial charge is 0.482 e. The third-order valence-electron chi connectivity index (χ3n) is 4.36. The van der Waals surface area contributed by atoms with E-state index in [0.29, 0.717) is 32.8 Å². The van der Waals surface area contributed by atoms with Crippen molar-refractivity contribution in [2.45, 2.75) is 45.8 Å². The fraction of sp³-hybridized carbons (Fsp3) is 0.364. The van der Waals surface area contributed by atoms with Crippen molar-refractivity contribution < 1.29 is 14.3 Å². The van der Waals surface area contributed by atoms with Crippen LogP contribution in [0.2, 0.25) is 15.1 Å². The van der Waals surface area contributed by atoms with Crippen LogP contribution in [-0.2, 0) is 16.1 Å². The van der Waals surface area contributed by atoms with Crippen molar-refractivity contribution in [1.82, 2.24) is 10.2 Å². The van der Waals surface area contributed by atoms with Gasteiger partial charge in [-0.05, 0) is 50.1 Å². The zero-order valence-electron chi connectivity index (χ0n) is 17.1. The first kappa shape index (κ1) is 24.3. The fourth-order valence-electron chi connectivity index (χ4n) is 2.92. The standard InChI is InChI=1S/C22H25Cl3N2O3/c1-4-19(22(29)26-14(2)3)27(12-15-9-10-16(23)11-18(15)25)21(28)13-30-20-8-6-5-7-17(20)24/h5-11,14,19H,4,12-13H2,1-3H3,(H,26,29)/t19-/m0/s1. The van der Waals surface area contributed by atoms with Crippen LogP contribution in [0, 0.1) is 0 Å². The van der Waals surface area contributed by atoms with E-state index in [1.165, 1.54) is 4.90 Å². The summed E-state index contributed by atoms with van der Waals surface area (Å²) < 4.78 is 5.61. The van der Waals surface area contributed by atoms with Gasteiger partial charge in [0.2, 0.25) is 5.91 Å². The van der Waals surface area contributed by atoms with E-state index in [9.17, 15) is 9.59 Å². The van der Waals surface area contributed by atoms with Crippen molar-refractivity contribution in [3.05, 3.63) is 63.1 Å². The molecule has 0 heterocycles. The van der Waals surface area contributed by atoms with Gasteiger partial charge in [-0.3, -0.25) is 9.59 Å². The molecule has 162 valence electrons. The lowest BCUT2D eigenvalue weighted by atomic mass is 10.1. The molecule has 0 radical (unpaired) electrons. The molecule has 5 nitrogen and oxygen atoms in total. The van der Waals surface area contributed by atoms with Crippen LogP contribution in [0.25, 0.3) is 0 Å². The van der Waals surface area contributed by atoms with Gasteiger partial charge in [-0.1, -0.05) is 59.9 Å². The number of amides is 2. The summed E-state index contributed by atoms with van der Waals surface area (Å²) in [7, 11) is 0. The van der Waals surface area contributed by atoms with Gasteiger partial charge in [0.05, 0.1) is 5.02 Å². The van der Waals surface area contributed by atoms with Crippen LogP contribution in [-0.4, -0.2) is 35.4 Å². The van der Waals surface area contributed by atoms with Crippen molar-refractivity contribution in [3.63, 3.8) is 0 Å². The van der Waals surface area contributed by atoms with E-state index < -0.39 is 6.04 Å². The Morgan fingerprint density at radius 2 is 1.77 bits per heavy atom. The number of benzene rings is 2. The van der Waals surface area contributed by atoms with Gasteiger partial charge in [-0.15, -0.1) is 0 Å². The summed E-state index contributed by atoms with van der Waals surface area (Å²) in [5.41, 5.74) is 0.683. The van der Waals surface area contributed by atoms with Crippen LogP contribution >= 0.6 is 34.8 Å². The molecule has 0 unspecified atom stereocenters. The van der Waals surface area contributed by atoms with Gasteiger partial charge < -0.3 is 15.0 Å². The van der Waals surface area contributed by atoms with E-state index in [1.807, 2.05) is 20.8 Å². The molecule has 0 saturated heterocycles. The number of nitrogens with zero attached hydrogens (tertiary/aromatic N) is 1. The Labute approximate surface area is 192 Å². The van der Waals surface area contributed by atoms with Crippen molar-refractivity contribution in [3.8, 4) is 5.75 Å². The van der Waals surface area contributed by atoms with Gasteiger partial charge >= 0.3 is 0 Å². The van der Waals surface area contributed by atoms with Gasteiger partial charge in [0.1, 0.15) is 11.8 Å². The van der Waals surface area contributed by atoms with Crippen LogP contribution in [0.3, 0.4) is 0 Å². The smallest absolute Gasteiger partial charge is 0.261 e. The number of carbonyl (C=O) groups excluding carboxylic acids is 2. The maximum absolute atomic E-state index is 13.1. The molecule has 1 N–H and O–H groups in total. The highest BCUT2D eigenvalue weighted by Crippen LogP contribution is 2.25. The van der Waals surface area contributed by atoms with E-state index >= 15 is 0 Å². The molecule has 2 amide bonds. The van der Waals surface area contributed by atoms with Crippen LogP contribution in [0.15, 0.2) is 42.5 Å². The summed E-state index contributed by atoms with van der Waals surface area (Å²) in [6.07, 6.45) is 0.432. The van der Waals surface area contributed by atoms with E-state index in [1.54, 1.807) is 42.5 Å². The maximum atomic E-state index is 13.1. The highest BCUT2D eigenvalue weighted by atomic mass is 35.5.